The fourth-order valence-electron chi connectivity index (χ4n) is 4.00. The van der Waals surface area contributed by atoms with Gasteiger partial charge in [-0.3, -0.25) is 4.79 Å². The van der Waals surface area contributed by atoms with Gasteiger partial charge >= 0.3 is 0 Å². The summed E-state index contributed by atoms with van der Waals surface area (Å²) in [6.45, 7) is 0.929. The number of rotatable bonds is 4. The molecular weight excluding hydrogens is 403 g/mol. The summed E-state index contributed by atoms with van der Waals surface area (Å²) in [4.78, 5) is 15.4. The van der Waals surface area contributed by atoms with Crippen molar-refractivity contribution in [2.45, 2.75) is 13.0 Å². The average Bonchev–Trinajstić information content (AvgIpc) is 3.27. The standard InChI is InChI=1S/C27H21FN2O2/c28-22-13-11-21(12-14-22)26-23-15-16-30(18-25(23)29-32-26)27(31)24(20-9-5-2-6-10-20)17-19-7-3-1-4-8-19/h1-14,17H,15-16,18H2/b24-17-. The second kappa shape index (κ2) is 8.63. The lowest BCUT2D eigenvalue weighted by atomic mass is 9.98. The molecule has 0 spiro atoms. The van der Waals surface area contributed by atoms with Crippen molar-refractivity contribution in [1.29, 1.82) is 0 Å². The van der Waals surface area contributed by atoms with Gasteiger partial charge in [0.25, 0.3) is 5.91 Å². The van der Waals surface area contributed by atoms with E-state index in [0.29, 0.717) is 30.8 Å². The highest BCUT2D eigenvalue weighted by Crippen LogP contribution is 2.32. The summed E-state index contributed by atoms with van der Waals surface area (Å²) in [5.41, 5.74) is 5.00. The Labute approximate surface area is 185 Å². The zero-order chi connectivity index (χ0) is 21.9. The Bertz CT molecular complexity index is 1260. The molecule has 1 aromatic heterocycles. The average molecular weight is 424 g/mol. The van der Waals surface area contributed by atoms with E-state index in [1.807, 2.05) is 66.7 Å². The number of nitrogens with zero attached hydrogens (tertiary/aromatic N) is 2. The van der Waals surface area contributed by atoms with Crippen LogP contribution in [0.25, 0.3) is 23.0 Å². The third-order valence-electron chi connectivity index (χ3n) is 5.66. The summed E-state index contributed by atoms with van der Waals surface area (Å²) >= 11 is 0. The van der Waals surface area contributed by atoms with E-state index in [1.54, 1.807) is 17.0 Å². The molecule has 0 aliphatic carbocycles. The minimum Gasteiger partial charge on any atom is -0.356 e. The molecule has 4 nitrogen and oxygen atoms in total. The van der Waals surface area contributed by atoms with Crippen LogP contribution in [-0.4, -0.2) is 22.5 Å². The van der Waals surface area contributed by atoms with Crippen LogP contribution in [0.2, 0.25) is 0 Å². The Morgan fingerprint density at radius 1 is 0.938 bits per heavy atom. The van der Waals surface area contributed by atoms with E-state index in [-0.39, 0.29) is 11.7 Å². The zero-order valence-corrected chi connectivity index (χ0v) is 17.4. The molecule has 0 unspecified atom stereocenters. The van der Waals surface area contributed by atoms with Crippen LogP contribution in [0.3, 0.4) is 0 Å². The van der Waals surface area contributed by atoms with Crippen LogP contribution in [0.15, 0.2) is 89.5 Å². The number of aromatic nitrogens is 1. The molecule has 4 aromatic rings. The number of fused-ring (bicyclic) bond motifs is 1. The van der Waals surface area contributed by atoms with Crippen LogP contribution >= 0.6 is 0 Å². The summed E-state index contributed by atoms with van der Waals surface area (Å²) in [5.74, 6) is 0.310. The van der Waals surface area contributed by atoms with Crippen molar-refractivity contribution in [1.82, 2.24) is 10.1 Å². The van der Waals surface area contributed by atoms with E-state index in [9.17, 15) is 9.18 Å². The monoisotopic (exact) mass is 424 g/mol. The molecule has 0 fully saturated rings. The molecule has 0 bridgehead atoms. The fraction of sp³-hybridized carbons (Fsp3) is 0.111. The molecule has 158 valence electrons. The van der Waals surface area contributed by atoms with Crippen molar-refractivity contribution < 1.29 is 13.7 Å². The maximum Gasteiger partial charge on any atom is 0.254 e. The van der Waals surface area contributed by atoms with E-state index >= 15 is 0 Å². The van der Waals surface area contributed by atoms with Gasteiger partial charge in [0.05, 0.1) is 6.54 Å². The summed E-state index contributed by atoms with van der Waals surface area (Å²) in [6, 6.07) is 25.7. The zero-order valence-electron chi connectivity index (χ0n) is 17.4. The van der Waals surface area contributed by atoms with Crippen molar-refractivity contribution in [3.63, 3.8) is 0 Å². The Hall–Kier alpha value is -3.99. The quantitative estimate of drug-likeness (QED) is 0.316. The van der Waals surface area contributed by atoms with Crippen LogP contribution in [0.1, 0.15) is 22.4 Å². The second-order valence-electron chi connectivity index (χ2n) is 7.76. The summed E-state index contributed by atoms with van der Waals surface area (Å²) in [6.07, 6.45) is 2.56. The molecule has 0 saturated carbocycles. The molecule has 0 saturated heterocycles. The SMILES string of the molecule is O=C(/C(=C\c1ccccc1)c1ccccc1)N1CCc2c(noc2-c2ccc(F)cc2)C1. The molecule has 0 atom stereocenters. The third-order valence-corrected chi connectivity index (χ3v) is 5.66. The predicted octanol–water partition coefficient (Wildman–Crippen LogP) is 5.61. The molecule has 1 aliphatic heterocycles. The Balaban J connectivity index is 1.44. The molecule has 1 aliphatic rings. The molecule has 2 heterocycles. The maximum atomic E-state index is 13.6. The van der Waals surface area contributed by atoms with Crippen molar-refractivity contribution in [2.24, 2.45) is 0 Å². The van der Waals surface area contributed by atoms with E-state index in [1.165, 1.54) is 12.1 Å². The molecule has 5 rings (SSSR count). The van der Waals surface area contributed by atoms with Gasteiger partial charge in [0.1, 0.15) is 11.5 Å². The highest BCUT2D eigenvalue weighted by atomic mass is 19.1. The van der Waals surface area contributed by atoms with Crippen LogP contribution in [0.4, 0.5) is 4.39 Å². The minimum absolute atomic E-state index is 0.0444. The van der Waals surface area contributed by atoms with Crippen molar-refractivity contribution in [2.75, 3.05) is 6.54 Å². The van der Waals surface area contributed by atoms with Gasteiger partial charge in [-0.25, -0.2) is 4.39 Å². The third kappa shape index (κ3) is 3.97. The van der Waals surface area contributed by atoms with Gasteiger partial charge in [0.2, 0.25) is 0 Å². The van der Waals surface area contributed by atoms with Crippen LogP contribution in [0, 0.1) is 5.82 Å². The van der Waals surface area contributed by atoms with Gasteiger partial charge in [-0.1, -0.05) is 65.8 Å². The van der Waals surface area contributed by atoms with Crippen LogP contribution in [-0.2, 0) is 17.8 Å². The first-order valence-corrected chi connectivity index (χ1v) is 10.5. The minimum atomic E-state index is -0.294. The number of halogens is 1. The molecule has 5 heteroatoms. The summed E-state index contributed by atoms with van der Waals surface area (Å²) < 4.78 is 18.9. The van der Waals surface area contributed by atoms with E-state index in [4.69, 9.17) is 4.52 Å². The number of carbonyl (C=O) groups excluding carboxylic acids is 1. The topological polar surface area (TPSA) is 46.3 Å². The first kappa shape index (κ1) is 19.9. The first-order chi connectivity index (χ1) is 15.7. The fourth-order valence-corrected chi connectivity index (χ4v) is 4.00. The predicted molar refractivity (Wildman–Crippen MR) is 122 cm³/mol. The lowest BCUT2D eigenvalue weighted by Gasteiger charge is -2.27. The lowest BCUT2D eigenvalue weighted by Crippen LogP contribution is -2.36. The Kier molecular flexibility index (Phi) is 5.38. The molecule has 3 aromatic carbocycles. The van der Waals surface area contributed by atoms with Gasteiger partial charge in [-0.2, -0.15) is 0 Å². The first-order valence-electron chi connectivity index (χ1n) is 10.5. The number of carbonyl (C=O) groups is 1. The van der Waals surface area contributed by atoms with Gasteiger partial charge in [0.15, 0.2) is 5.76 Å². The Morgan fingerprint density at radius 2 is 1.62 bits per heavy atom. The molecule has 0 radical (unpaired) electrons. The number of benzene rings is 3. The largest absolute Gasteiger partial charge is 0.356 e. The van der Waals surface area contributed by atoms with Gasteiger partial charge in [-0.05, 0) is 47.9 Å². The van der Waals surface area contributed by atoms with Crippen molar-refractivity contribution >= 4 is 17.6 Å². The number of amides is 1. The molecule has 1 amide bonds. The van der Waals surface area contributed by atoms with Gasteiger partial charge < -0.3 is 9.42 Å². The normalized spacial score (nSPS) is 13.7. The summed E-state index contributed by atoms with van der Waals surface area (Å²) in [7, 11) is 0. The smallest absolute Gasteiger partial charge is 0.254 e. The summed E-state index contributed by atoms with van der Waals surface area (Å²) in [5, 5.41) is 4.22. The van der Waals surface area contributed by atoms with E-state index in [0.717, 1.165) is 27.9 Å². The molecular formula is C27H21FN2O2. The van der Waals surface area contributed by atoms with Gasteiger partial charge in [-0.15, -0.1) is 0 Å². The Morgan fingerprint density at radius 3 is 2.34 bits per heavy atom. The molecule has 0 N–H and O–H groups in total. The van der Waals surface area contributed by atoms with Crippen molar-refractivity contribution in [3.05, 3.63) is 113 Å². The van der Waals surface area contributed by atoms with Crippen LogP contribution in [0.5, 0.6) is 0 Å². The van der Waals surface area contributed by atoms with Gasteiger partial charge in [0, 0.05) is 23.2 Å². The number of hydrogen-bond acceptors (Lipinski definition) is 3. The van der Waals surface area contributed by atoms with Crippen molar-refractivity contribution in [3.8, 4) is 11.3 Å². The maximum absolute atomic E-state index is 13.6. The second-order valence-corrected chi connectivity index (χ2v) is 7.76. The van der Waals surface area contributed by atoms with E-state index < -0.39 is 0 Å². The highest BCUT2D eigenvalue weighted by molar-refractivity contribution is 6.24. The lowest BCUT2D eigenvalue weighted by molar-refractivity contribution is -0.125. The van der Waals surface area contributed by atoms with E-state index in [2.05, 4.69) is 5.16 Å². The number of hydrogen-bond donors (Lipinski definition) is 0. The highest BCUT2D eigenvalue weighted by Gasteiger charge is 2.29. The van der Waals surface area contributed by atoms with Crippen LogP contribution < -0.4 is 0 Å². The molecule has 32 heavy (non-hydrogen) atoms.